The first-order valence-electron chi connectivity index (χ1n) is 6.06. The molecule has 0 atom stereocenters. The maximum absolute atomic E-state index is 12.4. The van der Waals surface area contributed by atoms with E-state index in [0.717, 1.165) is 13.6 Å². The Morgan fingerprint density at radius 3 is 2.71 bits per heavy atom. The van der Waals surface area contributed by atoms with Crippen LogP contribution in [0.5, 0.6) is 0 Å². The minimum atomic E-state index is -0.205. The quantitative estimate of drug-likeness (QED) is 0.516. The van der Waals surface area contributed by atoms with Crippen molar-refractivity contribution < 1.29 is 4.79 Å². The van der Waals surface area contributed by atoms with E-state index in [-0.39, 0.29) is 10.9 Å². The van der Waals surface area contributed by atoms with Crippen molar-refractivity contribution in [2.45, 2.75) is 6.92 Å². The second-order valence-electron chi connectivity index (χ2n) is 4.44. The van der Waals surface area contributed by atoms with Crippen molar-refractivity contribution in [2.24, 2.45) is 5.73 Å². The highest BCUT2D eigenvalue weighted by atomic mass is 127. The van der Waals surface area contributed by atoms with E-state index >= 15 is 0 Å². The molecule has 108 valence electrons. The van der Waals surface area contributed by atoms with E-state index in [4.69, 9.17) is 18.0 Å². The first kappa shape index (κ1) is 16.4. The first-order chi connectivity index (χ1) is 9.90. The molecule has 3 nitrogen and oxygen atoms in total. The molecule has 0 fully saturated rings. The third-order valence-corrected chi connectivity index (χ3v) is 4.51. The molecule has 0 saturated carbocycles. The number of halogens is 2. The van der Waals surface area contributed by atoms with Gasteiger partial charge in [-0.05, 0) is 75.3 Å². The second-order valence-corrected chi connectivity index (χ2v) is 6.98. The Balaban J connectivity index is 2.39. The molecule has 0 spiro atoms. The number of anilines is 1. The van der Waals surface area contributed by atoms with E-state index in [0.29, 0.717) is 16.8 Å². The lowest BCUT2D eigenvalue weighted by Gasteiger charge is -2.13. The summed E-state index contributed by atoms with van der Waals surface area (Å²) < 4.78 is 1.73. The van der Waals surface area contributed by atoms with Crippen LogP contribution in [-0.2, 0) is 0 Å². The van der Waals surface area contributed by atoms with Crippen molar-refractivity contribution in [3.63, 3.8) is 0 Å². The number of amides is 1. The lowest BCUT2D eigenvalue weighted by molar-refractivity contribution is 0.102. The van der Waals surface area contributed by atoms with Crippen LogP contribution < -0.4 is 11.1 Å². The van der Waals surface area contributed by atoms with Gasteiger partial charge in [0, 0.05) is 13.6 Å². The molecule has 2 aromatic carbocycles. The van der Waals surface area contributed by atoms with Gasteiger partial charge < -0.3 is 11.1 Å². The molecule has 21 heavy (non-hydrogen) atoms. The number of carbonyl (C=O) groups is 1. The lowest BCUT2D eigenvalue weighted by Crippen LogP contribution is -2.19. The highest BCUT2D eigenvalue weighted by molar-refractivity contribution is 14.1. The number of hydrogen-bond donors (Lipinski definition) is 2. The summed E-state index contributed by atoms with van der Waals surface area (Å²) in [5.41, 5.74) is 8.57. The summed E-state index contributed by atoms with van der Waals surface area (Å²) in [6.45, 7) is 1.91. The van der Waals surface area contributed by atoms with Crippen LogP contribution in [0.3, 0.4) is 0 Å². The van der Waals surface area contributed by atoms with Crippen molar-refractivity contribution in [2.75, 3.05) is 5.32 Å². The zero-order valence-electron chi connectivity index (χ0n) is 11.1. The van der Waals surface area contributed by atoms with Gasteiger partial charge in [0.05, 0.1) is 11.3 Å². The van der Waals surface area contributed by atoms with E-state index in [1.165, 1.54) is 0 Å². The number of thiocarbonyl (C=S) groups is 1. The molecular formula is C15H12BrIN2OS. The van der Waals surface area contributed by atoms with Crippen molar-refractivity contribution in [3.8, 4) is 0 Å². The van der Waals surface area contributed by atoms with Crippen LogP contribution in [0.4, 0.5) is 5.69 Å². The molecule has 6 heteroatoms. The minimum absolute atomic E-state index is 0.205. The van der Waals surface area contributed by atoms with E-state index in [1.807, 2.05) is 37.3 Å². The fourth-order valence-corrected chi connectivity index (χ4v) is 3.15. The molecule has 0 aliphatic carbocycles. The first-order valence-corrected chi connectivity index (χ1v) is 8.34. The van der Waals surface area contributed by atoms with Crippen molar-refractivity contribution in [1.82, 2.24) is 0 Å². The molecule has 0 aliphatic rings. The van der Waals surface area contributed by atoms with Gasteiger partial charge in [0.15, 0.2) is 0 Å². The van der Waals surface area contributed by atoms with Crippen LogP contribution in [-0.4, -0.2) is 10.9 Å². The zero-order valence-corrected chi connectivity index (χ0v) is 15.7. The summed E-state index contributed by atoms with van der Waals surface area (Å²) in [6, 6.07) is 11.1. The third kappa shape index (κ3) is 3.81. The van der Waals surface area contributed by atoms with Crippen molar-refractivity contribution in [3.05, 3.63) is 61.1 Å². The van der Waals surface area contributed by atoms with Crippen LogP contribution in [0.1, 0.15) is 21.5 Å². The van der Waals surface area contributed by atoms with Gasteiger partial charge in [0.2, 0.25) is 0 Å². The number of rotatable bonds is 3. The molecule has 0 unspecified atom stereocenters. The summed E-state index contributed by atoms with van der Waals surface area (Å²) >= 11 is 10.6. The monoisotopic (exact) mass is 474 g/mol. The topological polar surface area (TPSA) is 55.1 Å². The molecule has 0 radical (unpaired) electrons. The predicted molar refractivity (Wildman–Crippen MR) is 102 cm³/mol. The highest BCUT2D eigenvalue weighted by Crippen LogP contribution is 2.23. The Labute approximate surface area is 150 Å². The standard InChI is InChI=1S/C15H12BrIN2OS/c1-8-3-2-4-12(13(8)14(18)21)19-15(20)10-7-9(17)5-6-11(10)16/h2-7H,1H3,(H2,18,21)(H,19,20). The maximum atomic E-state index is 12.4. The molecule has 0 aromatic heterocycles. The van der Waals surface area contributed by atoms with Gasteiger partial charge in [0.1, 0.15) is 4.99 Å². The second kappa shape index (κ2) is 6.85. The maximum Gasteiger partial charge on any atom is 0.256 e. The molecule has 0 aliphatic heterocycles. The summed E-state index contributed by atoms with van der Waals surface area (Å²) in [4.78, 5) is 12.7. The summed E-state index contributed by atoms with van der Waals surface area (Å²) in [5.74, 6) is -0.205. The Morgan fingerprint density at radius 1 is 1.33 bits per heavy atom. The van der Waals surface area contributed by atoms with Gasteiger partial charge in [-0.15, -0.1) is 0 Å². The van der Waals surface area contributed by atoms with Gasteiger partial charge in [0.25, 0.3) is 5.91 Å². The third-order valence-electron chi connectivity index (χ3n) is 2.94. The van der Waals surface area contributed by atoms with E-state index < -0.39 is 0 Å². The SMILES string of the molecule is Cc1cccc(NC(=O)c2cc(I)ccc2Br)c1C(N)=S. The summed E-state index contributed by atoms with van der Waals surface area (Å²) in [5, 5.41) is 2.88. The normalized spacial score (nSPS) is 10.2. The molecule has 0 bridgehead atoms. The van der Waals surface area contributed by atoms with Gasteiger partial charge in [-0.1, -0.05) is 24.4 Å². The molecule has 1 amide bonds. The average Bonchev–Trinajstić information content (AvgIpc) is 2.41. The molecule has 2 rings (SSSR count). The van der Waals surface area contributed by atoms with E-state index in [9.17, 15) is 4.79 Å². The largest absolute Gasteiger partial charge is 0.389 e. The van der Waals surface area contributed by atoms with Gasteiger partial charge in [-0.2, -0.15) is 0 Å². The lowest BCUT2D eigenvalue weighted by atomic mass is 10.1. The van der Waals surface area contributed by atoms with Crippen LogP contribution in [0.15, 0.2) is 40.9 Å². The van der Waals surface area contributed by atoms with Gasteiger partial charge in [-0.3, -0.25) is 4.79 Å². The number of carbonyl (C=O) groups excluding carboxylic acids is 1. The number of nitrogens with two attached hydrogens (primary N) is 1. The van der Waals surface area contributed by atoms with Crippen molar-refractivity contribution in [1.29, 1.82) is 0 Å². The zero-order chi connectivity index (χ0) is 15.6. The minimum Gasteiger partial charge on any atom is -0.389 e. The fraction of sp³-hybridized carbons (Fsp3) is 0.0667. The van der Waals surface area contributed by atoms with Gasteiger partial charge >= 0.3 is 0 Å². The fourth-order valence-electron chi connectivity index (χ4n) is 1.96. The molecule has 0 saturated heterocycles. The highest BCUT2D eigenvalue weighted by Gasteiger charge is 2.14. The van der Waals surface area contributed by atoms with Crippen LogP contribution in [0.2, 0.25) is 0 Å². The Morgan fingerprint density at radius 2 is 2.05 bits per heavy atom. The molecular weight excluding hydrogens is 463 g/mol. The summed E-state index contributed by atoms with van der Waals surface area (Å²) in [6.07, 6.45) is 0. The predicted octanol–water partition coefficient (Wildman–Crippen LogP) is 4.25. The number of benzene rings is 2. The van der Waals surface area contributed by atoms with Crippen LogP contribution in [0, 0.1) is 10.5 Å². The Hall–Kier alpha value is -0.990. The summed E-state index contributed by atoms with van der Waals surface area (Å²) in [7, 11) is 0. The van der Waals surface area contributed by atoms with E-state index in [1.54, 1.807) is 6.07 Å². The van der Waals surface area contributed by atoms with E-state index in [2.05, 4.69) is 43.8 Å². The van der Waals surface area contributed by atoms with Crippen LogP contribution >= 0.6 is 50.7 Å². The number of aryl methyl sites for hydroxylation is 1. The number of hydrogen-bond acceptors (Lipinski definition) is 2. The number of nitrogens with one attached hydrogen (secondary N) is 1. The Bertz CT molecular complexity index is 734. The molecule has 0 heterocycles. The smallest absolute Gasteiger partial charge is 0.256 e. The van der Waals surface area contributed by atoms with Crippen LogP contribution in [0.25, 0.3) is 0 Å². The van der Waals surface area contributed by atoms with Gasteiger partial charge in [-0.25, -0.2) is 0 Å². The molecule has 2 aromatic rings. The average molecular weight is 475 g/mol. The Kier molecular flexibility index (Phi) is 5.34. The van der Waals surface area contributed by atoms with Crippen molar-refractivity contribution >= 4 is 67.3 Å². The molecule has 3 N–H and O–H groups in total.